The first kappa shape index (κ1) is 17.6. The number of carbonyl (C=O) groups excluding carboxylic acids is 1. The number of nitrogens with zero attached hydrogens (tertiary/aromatic N) is 3. The van der Waals surface area contributed by atoms with Crippen LogP contribution in [0, 0.1) is 13.8 Å². The molecule has 2 heterocycles. The van der Waals surface area contributed by atoms with Gasteiger partial charge in [0, 0.05) is 25.0 Å². The van der Waals surface area contributed by atoms with Crippen molar-refractivity contribution in [2.45, 2.75) is 38.3 Å². The lowest BCUT2D eigenvalue weighted by Crippen LogP contribution is -2.28. The summed E-state index contributed by atoms with van der Waals surface area (Å²) in [6.07, 6.45) is 4.54. The Kier molecular flexibility index (Phi) is 4.91. The number of hydrogen-bond acceptors (Lipinski definition) is 4. The lowest BCUT2D eigenvalue weighted by molar-refractivity contribution is -0.116. The normalized spacial score (nSPS) is 15.4. The molecular formula is C17H22N4O3S. The van der Waals surface area contributed by atoms with E-state index in [-0.39, 0.29) is 17.5 Å². The number of hydrogen-bond donors (Lipinski definition) is 1. The van der Waals surface area contributed by atoms with Gasteiger partial charge in [0.05, 0.1) is 6.33 Å². The van der Waals surface area contributed by atoms with Gasteiger partial charge in [-0.25, -0.2) is 13.4 Å². The standard InChI is InChI=1S/C17H22N4O3S/c1-13-5-6-15(14(2)9-13)19-16(22)10-20-11-17(18-12-20)25(23,24)21-7-3-4-8-21/h5-6,9,11-12H,3-4,7-8,10H2,1-2H3,(H,19,22). The molecule has 0 spiro atoms. The van der Waals surface area contributed by atoms with Crippen LogP contribution >= 0.6 is 0 Å². The largest absolute Gasteiger partial charge is 0.327 e. The van der Waals surface area contributed by atoms with Gasteiger partial charge in [0.1, 0.15) is 6.54 Å². The lowest BCUT2D eigenvalue weighted by atomic mass is 10.1. The van der Waals surface area contributed by atoms with Crippen LogP contribution in [0.2, 0.25) is 0 Å². The SMILES string of the molecule is Cc1ccc(NC(=O)Cn2cnc(S(=O)(=O)N3CCCC3)c2)c(C)c1. The summed E-state index contributed by atoms with van der Waals surface area (Å²) in [5, 5.41) is 2.84. The Hall–Kier alpha value is -2.19. The molecule has 1 fully saturated rings. The Bertz CT molecular complexity index is 883. The van der Waals surface area contributed by atoms with E-state index >= 15 is 0 Å². The van der Waals surface area contributed by atoms with Crippen molar-refractivity contribution in [1.82, 2.24) is 13.9 Å². The summed E-state index contributed by atoms with van der Waals surface area (Å²) in [5.41, 5.74) is 2.86. The summed E-state index contributed by atoms with van der Waals surface area (Å²) in [4.78, 5) is 16.2. The molecule has 1 saturated heterocycles. The van der Waals surface area contributed by atoms with Gasteiger partial charge in [-0.1, -0.05) is 17.7 Å². The van der Waals surface area contributed by atoms with E-state index in [0.29, 0.717) is 13.1 Å². The molecule has 1 amide bonds. The van der Waals surface area contributed by atoms with E-state index in [1.54, 1.807) is 0 Å². The number of amides is 1. The van der Waals surface area contributed by atoms with Crippen LogP contribution in [0.3, 0.4) is 0 Å². The van der Waals surface area contributed by atoms with E-state index < -0.39 is 10.0 Å². The molecular weight excluding hydrogens is 340 g/mol. The predicted octanol–water partition coefficient (Wildman–Crippen LogP) is 1.92. The van der Waals surface area contributed by atoms with Crippen molar-refractivity contribution >= 4 is 21.6 Å². The number of sulfonamides is 1. The highest BCUT2D eigenvalue weighted by molar-refractivity contribution is 7.89. The molecule has 0 saturated carbocycles. The molecule has 25 heavy (non-hydrogen) atoms. The second-order valence-electron chi connectivity index (χ2n) is 6.36. The van der Waals surface area contributed by atoms with Crippen molar-refractivity contribution in [2.75, 3.05) is 18.4 Å². The Labute approximate surface area is 147 Å². The summed E-state index contributed by atoms with van der Waals surface area (Å²) in [6, 6.07) is 5.79. The molecule has 0 aliphatic carbocycles. The zero-order valence-electron chi connectivity index (χ0n) is 14.4. The fraction of sp³-hybridized carbons (Fsp3) is 0.412. The van der Waals surface area contributed by atoms with Gasteiger partial charge >= 0.3 is 0 Å². The molecule has 8 heteroatoms. The van der Waals surface area contributed by atoms with E-state index in [1.165, 1.54) is 21.4 Å². The Morgan fingerprint density at radius 2 is 1.96 bits per heavy atom. The highest BCUT2D eigenvalue weighted by atomic mass is 32.2. The molecule has 0 unspecified atom stereocenters. The molecule has 1 N–H and O–H groups in total. The summed E-state index contributed by atoms with van der Waals surface area (Å²) < 4.78 is 27.8. The quantitative estimate of drug-likeness (QED) is 0.881. The van der Waals surface area contributed by atoms with Gasteiger partial charge < -0.3 is 9.88 Å². The Morgan fingerprint density at radius 1 is 1.24 bits per heavy atom. The van der Waals surface area contributed by atoms with E-state index in [4.69, 9.17) is 0 Å². The van der Waals surface area contributed by atoms with Gasteiger partial charge in [0.2, 0.25) is 5.91 Å². The fourth-order valence-electron chi connectivity index (χ4n) is 2.93. The molecule has 1 aromatic heterocycles. The van der Waals surface area contributed by atoms with Crippen LogP contribution in [0.5, 0.6) is 0 Å². The van der Waals surface area contributed by atoms with Crippen molar-refractivity contribution in [1.29, 1.82) is 0 Å². The molecule has 7 nitrogen and oxygen atoms in total. The van der Waals surface area contributed by atoms with Crippen molar-refractivity contribution < 1.29 is 13.2 Å². The van der Waals surface area contributed by atoms with E-state index in [0.717, 1.165) is 29.7 Å². The number of aromatic nitrogens is 2. The molecule has 134 valence electrons. The number of imidazole rings is 1. The molecule has 1 aliphatic heterocycles. The third-order valence-electron chi connectivity index (χ3n) is 4.26. The molecule has 1 aliphatic rings. The highest BCUT2D eigenvalue weighted by Gasteiger charge is 2.29. The number of nitrogens with one attached hydrogen (secondary N) is 1. The first-order valence-electron chi connectivity index (χ1n) is 8.25. The molecule has 0 radical (unpaired) electrons. The fourth-order valence-corrected chi connectivity index (χ4v) is 4.38. The maximum atomic E-state index is 12.5. The van der Waals surface area contributed by atoms with Crippen LogP contribution in [0.4, 0.5) is 5.69 Å². The summed E-state index contributed by atoms with van der Waals surface area (Å²) in [7, 11) is -3.55. The molecule has 1 aromatic carbocycles. The van der Waals surface area contributed by atoms with Crippen LogP contribution in [-0.2, 0) is 21.4 Å². The minimum absolute atomic E-state index is 0.00582. The second-order valence-corrected chi connectivity index (χ2v) is 8.25. The summed E-state index contributed by atoms with van der Waals surface area (Å²) in [5.74, 6) is -0.227. The van der Waals surface area contributed by atoms with Crippen LogP contribution < -0.4 is 5.32 Å². The maximum absolute atomic E-state index is 12.5. The van der Waals surface area contributed by atoms with Crippen molar-refractivity contribution in [3.05, 3.63) is 41.9 Å². The first-order valence-corrected chi connectivity index (χ1v) is 9.69. The number of benzene rings is 1. The van der Waals surface area contributed by atoms with Gasteiger partial charge in [-0.15, -0.1) is 0 Å². The molecule has 3 rings (SSSR count). The smallest absolute Gasteiger partial charge is 0.262 e. The minimum atomic E-state index is -3.55. The topological polar surface area (TPSA) is 84.3 Å². The third-order valence-corrected chi connectivity index (χ3v) is 6.05. The van der Waals surface area contributed by atoms with Gasteiger partial charge in [0.15, 0.2) is 5.03 Å². The summed E-state index contributed by atoms with van der Waals surface area (Å²) >= 11 is 0. The summed E-state index contributed by atoms with van der Waals surface area (Å²) in [6.45, 7) is 4.99. The zero-order chi connectivity index (χ0) is 18.0. The van der Waals surface area contributed by atoms with Gasteiger partial charge in [-0.2, -0.15) is 4.31 Å². The van der Waals surface area contributed by atoms with Crippen LogP contribution in [0.1, 0.15) is 24.0 Å². The minimum Gasteiger partial charge on any atom is -0.327 e. The molecule has 0 bridgehead atoms. The van der Waals surface area contributed by atoms with Crippen LogP contribution in [-0.4, -0.2) is 41.3 Å². The molecule has 2 aromatic rings. The third kappa shape index (κ3) is 3.91. The Morgan fingerprint density at radius 3 is 2.64 bits per heavy atom. The van der Waals surface area contributed by atoms with E-state index in [2.05, 4.69) is 10.3 Å². The number of carbonyl (C=O) groups is 1. The molecule has 0 atom stereocenters. The van der Waals surface area contributed by atoms with Crippen molar-refractivity contribution in [3.63, 3.8) is 0 Å². The van der Waals surface area contributed by atoms with Gasteiger partial charge in [-0.3, -0.25) is 4.79 Å². The van der Waals surface area contributed by atoms with Crippen molar-refractivity contribution in [2.24, 2.45) is 0 Å². The van der Waals surface area contributed by atoms with Crippen molar-refractivity contribution in [3.8, 4) is 0 Å². The second kappa shape index (κ2) is 6.97. The first-order chi connectivity index (χ1) is 11.9. The van der Waals surface area contributed by atoms with Crippen LogP contribution in [0.25, 0.3) is 0 Å². The van der Waals surface area contributed by atoms with E-state index in [1.807, 2.05) is 32.0 Å². The highest BCUT2D eigenvalue weighted by Crippen LogP contribution is 2.19. The van der Waals surface area contributed by atoms with Gasteiger partial charge in [0.25, 0.3) is 10.0 Å². The average Bonchev–Trinajstić information content (AvgIpc) is 3.22. The zero-order valence-corrected chi connectivity index (χ0v) is 15.2. The predicted molar refractivity (Wildman–Crippen MR) is 94.8 cm³/mol. The Balaban J connectivity index is 1.67. The average molecular weight is 362 g/mol. The number of anilines is 1. The number of aryl methyl sites for hydroxylation is 2. The lowest BCUT2D eigenvalue weighted by Gasteiger charge is -2.12. The van der Waals surface area contributed by atoms with Crippen LogP contribution in [0.15, 0.2) is 35.7 Å². The van der Waals surface area contributed by atoms with E-state index in [9.17, 15) is 13.2 Å². The maximum Gasteiger partial charge on any atom is 0.262 e. The number of rotatable bonds is 5. The van der Waals surface area contributed by atoms with Gasteiger partial charge in [-0.05, 0) is 38.3 Å². The monoisotopic (exact) mass is 362 g/mol.